The second kappa shape index (κ2) is 6.27. The lowest BCUT2D eigenvalue weighted by atomic mass is 9.89. The molecule has 2 saturated heterocycles. The largest absolute Gasteiger partial charge is 0.338 e. The fourth-order valence-electron chi connectivity index (χ4n) is 3.44. The summed E-state index contributed by atoms with van der Waals surface area (Å²) in [5.74, 6) is 0.802. The molecule has 0 bridgehead atoms. The molecule has 1 aromatic rings. The van der Waals surface area contributed by atoms with Gasteiger partial charge in [-0.2, -0.15) is 0 Å². The number of carbonyl (C=O) groups is 1. The van der Waals surface area contributed by atoms with Crippen molar-refractivity contribution in [3.05, 3.63) is 34.3 Å². The van der Waals surface area contributed by atoms with Crippen LogP contribution in [0.25, 0.3) is 0 Å². The van der Waals surface area contributed by atoms with Gasteiger partial charge in [-0.25, -0.2) is 0 Å². The van der Waals surface area contributed by atoms with Gasteiger partial charge in [-0.1, -0.05) is 22.0 Å². The number of hydrogen-bond donors (Lipinski definition) is 1. The molecule has 2 fully saturated rings. The van der Waals surface area contributed by atoms with Crippen LogP contribution in [0.2, 0.25) is 0 Å². The molecule has 1 N–H and O–H groups in total. The van der Waals surface area contributed by atoms with Gasteiger partial charge in [-0.05, 0) is 56.3 Å². The molecule has 2 unspecified atom stereocenters. The number of likely N-dealkylation sites (tertiary alicyclic amines) is 1. The summed E-state index contributed by atoms with van der Waals surface area (Å²) in [5.41, 5.74) is 0.791. The molecule has 0 spiro atoms. The van der Waals surface area contributed by atoms with E-state index in [1.54, 1.807) is 0 Å². The number of carbonyl (C=O) groups excluding carboxylic acids is 1. The fourth-order valence-corrected chi connectivity index (χ4v) is 3.84. The van der Waals surface area contributed by atoms with Gasteiger partial charge in [0.05, 0.1) is 0 Å². The van der Waals surface area contributed by atoms with E-state index in [2.05, 4.69) is 21.2 Å². The van der Waals surface area contributed by atoms with Gasteiger partial charge in [0.15, 0.2) is 0 Å². The van der Waals surface area contributed by atoms with Crippen molar-refractivity contribution in [1.29, 1.82) is 0 Å². The molecule has 1 aromatic carbocycles. The third-order valence-electron chi connectivity index (χ3n) is 4.48. The van der Waals surface area contributed by atoms with E-state index in [-0.39, 0.29) is 5.91 Å². The topological polar surface area (TPSA) is 32.3 Å². The number of halogens is 1. The smallest absolute Gasteiger partial charge is 0.253 e. The minimum atomic E-state index is 0.175. The summed E-state index contributed by atoms with van der Waals surface area (Å²) >= 11 is 3.44. The predicted molar refractivity (Wildman–Crippen MR) is 83.8 cm³/mol. The lowest BCUT2D eigenvalue weighted by Gasteiger charge is -2.36. The number of hydrogen-bond acceptors (Lipinski definition) is 2. The Morgan fingerprint density at radius 3 is 2.95 bits per heavy atom. The molecule has 20 heavy (non-hydrogen) atoms. The van der Waals surface area contributed by atoms with Crippen molar-refractivity contribution >= 4 is 21.8 Å². The molecule has 1 amide bonds. The number of benzene rings is 1. The second-order valence-electron chi connectivity index (χ2n) is 5.87. The molecule has 2 heterocycles. The number of nitrogens with one attached hydrogen (secondary N) is 1. The van der Waals surface area contributed by atoms with Gasteiger partial charge in [-0.15, -0.1) is 0 Å². The third-order valence-corrected chi connectivity index (χ3v) is 4.98. The van der Waals surface area contributed by atoms with E-state index in [0.717, 1.165) is 36.1 Å². The molecule has 2 atom stereocenters. The van der Waals surface area contributed by atoms with Crippen LogP contribution in [0.4, 0.5) is 0 Å². The van der Waals surface area contributed by atoms with Crippen molar-refractivity contribution in [2.24, 2.45) is 5.92 Å². The highest BCUT2D eigenvalue weighted by Crippen LogP contribution is 2.26. The highest BCUT2D eigenvalue weighted by Gasteiger charge is 2.31. The first-order valence-electron chi connectivity index (χ1n) is 7.52. The molecule has 3 rings (SSSR count). The van der Waals surface area contributed by atoms with Crippen molar-refractivity contribution in [3.63, 3.8) is 0 Å². The third kappa shape index (κ3) is 3.07. The summed E-state index contributed by atoms with van der Waals surface area (Å²) < 4.78 is 0.967. The Balaban J connectivity index is 1.68. The molecule has 4 heteroatoms. The number of nitrogens with zero attached hydrogens (tertiary/aromatic N) is 1. The first-order chi connectivity index (χ1) is 9.74. The van der Waals surface area contributed by atoms with Crippen molar-refractivity contribution in [1.82, 2.24) is 10.2 Å². The predicted octanol–water partition coefficient (Wildman–Crippen LogP) is 3.05. The summed E-state index contributed by atoms with van der Waals surface area (Å²) in [5, 5.41) is 3.59. The van der Waals surface area contributed by atoms with Crippen LogP contribution in [0.3, 0.4) is 0 Å². The zero-order valence-corrected chi connectivity index (χ0v) is 13.2. The van der Waals surface area contributed by atoms with Crippen LogP contribution in [-0.2, 0) is 0 Å². The summed E-state index contributed by atoms with van der Waals surface area (Å²) in [6, 6.07) is 8.33. The average molecular weight is 337 g/mol. The quantitative estimate of drug-likeness (QED) is 0.900. The molecule has 0 aromatic heterocycles. The van der Waals surface area contributed by atoms with Crippen LogP contribution in [0.5, 0.6) is 0 Å². The van der Waals surface area contributed by atoms with Gasteiger partial charge in [0.1, 0.15) is 0 Å². The maximum absolute atomic E-state index is 12.6. The molecule has 0 radical (unpaired) electrons. The van der Waals surface area contributed by atoms with Crippen LogP contribution in [0, 0.1) is 5.92 Å². The lowest BCUT2D eigenvalue weighted by molar-refractivity contribution is 0.0651. The molecular formula is C16H21BrN2O. The van der Waals surface area contributed by atoms with Gasteiger partial charge < -0.3 is 10.2 Å². The van der Waals surface area contributed by atoms with Gasteiger partial charge in [0.25, 0.3) is 5.91 Å². The Morgan fingerprint density at radius 2 is 2.20 bits per heavy atom. The van der Waals surface area contributed by atoms with Crippen molar-refractivity contribution in [2.75, 3.05) is 19.6 Å². The average Bonchev–Trinajstić information content (AvgIpc) is 3.01. The van der Waals surface area contributed by atoms with Gasteiger partial charge >= 0.3 is 0 Å². The maximum atomic E-state index is 12.6. The van der Waals surface area contributed by atoms with Crippen LogP contribution in [0.15, 0.2) is 28.7 Å². The molecule has 0 aliphatic carbocycles. The van der Waals surface area contributed by atoms with Crippen LogP contribution in [-0.4, -0.2) is 36.5 Å². The molecule has 108 valence electrons. The molecule has 0 saturated carbocycles. The molecule has 2 aliphatic heterocycles. The zero-order valence-electron chi connectivity index (χ0n) is 11.6. The maximum Gasteiger partial charge on any atom is 0.253 e. The monoisotopic (exact) mass is 336 g/mol. The van der Waals surface area contributed by atoms with Crippen molar-refractivity contribution in [2.45, 2.75) is 31.7 Å². The van der Waals surface area contributed by atoms with Gasteiger partial charge in [0.2, 0.25) is 0 Å². The minimum absolute atomic E-state index is 0.175. The normalized spacial score (nSPS) is 26.8. The zero-order chi connectivity index (χ0) is 13.9. The number of piperidine rings is 1. The van der Waals surface area contributed by atoms with Crippen molar-refractivity contribution in [3.8, 4) is 0 Å². The summed E-state index contributed by atoms with van der Waals surface area (Å²) in [7, 11) is 0. The van der Waals surface area contributed by atoms with E-state index in [1.807, 2.05) is 29.2 Å². The van der Waals surface area contributed by atoms with Gasteiger partial charge in [-0.3, -0.25) is 4.79 Å². The van der Waals surface area contributed by atoms with Crippen LogP contribution >= 0.6 is 15.9 Å². The fraction of sp³-hybridized carbons (Fsp3) is 0.562. The van der Waals surface area contributed by atoms with Gasteiger partial charge in [0, 0.05) is 29.2 Å². The first kappa shape index (κ1) is 14.1. The Labute approximate surface area is 128 Å². The SMILES string of the molecule is O=C(c1cccc(Br)c1)N1CCCC(C2CCCN2)C1. The van der Waals surface area contributed by atoms with Crippen molar-refractivity contribution < 1.29 is 4.79 Å². The van der Waals surface area contributed by atoms with E-state index < -0.39 is 0 Å². The Kier molecular flexibility index (Phi) is 4.41. The molecule has 2 aliphatic rings. The Hall–Kier alpha value is -0.870. The molecule has 3 nitrogen and oxygen atoms in total. The number of rotatable bonds is 2. The standard InChI is InChI=1S/C16H21BrN2O/c17-14-6-1-4-12(10-14)16(20)19-9-3-5-13(11-19)15-7-2-8-18-15/h1,4,6,10,13,15,18H,2-3,5,7-9,11H2. The van der Waals surface area contributed by atoms with E-state index in [0.29, 0.717) is 12.0 Å². The first-order valence-corrected chi connectivity index (χ1v) is 8.31. The van der Waals surface area contributed by atoms with Crippen LogP contribution in [0.1, 0.15) is 36.0 Å². The van der Waals surface area contributed by atoms with E-state index in [4.69, 9.17) is 0 Å². The summed E-state index contributed by atoms with van der Waals surface area (Å²) in [4.78, 5) is 14.6. The minimum Gasteiger partial charge on any atom is -0.338 e. The van der Waals surface area contributed by atoms with E-state index in [9.17, 15) is 4.79 Å². The van der Waals surface area contributed by atoms with Crippen LogP contribution < -0.4 is 5.32 Å². The highest BCUT2D eigenvalue weighted by molar-refractivity contribution is 9.10. The second-order valence-corrected chi connectivity index (χ2v) is 6.78. The molecular weight excluding hydrogens is 316 g/mol. The number of amides is 1. The highest BCUT2D eigenvalue weighted by atomic mass is 79.9. The van der Waals surface area contributed by atoms with E-state index in [1.165, 1.54) is 19.3 Å². The Morgan fingerprint density at radius 1 is 1.30 bits per heavy atom. The summed E-state index contributed by atoms with van der Waals surface area (Å²) in [6.45, 7) is 2.94. The van der Waals surface area contributed by atoms with E-state index >= 15 is 0 Å². The summed E-state index contributed by atoms with van der Waals surface area (Å²) in [6.07, 6.45) is 4.92. The lowest BCUT2D eigenvalue weighted by Crippen LogP contribution is -2.45. The Bertz CT molecular complexity index is 485.